The van der Waals surface area contributed by atoms with E-state index in [0.29, 0.717) is 6.54 Å². The van der Waals surface area contributed by atoms with Gasteiger partial charge in [-0.2, -0.15) is 0 Å². The van der Waals surface area contributed by atoms with Crippen LogP contribution in [0.5, 0.6) is 0 Å². The van der Waals surface area contributed by atoms with Gasteiger partial charge in [0.15, 0.2) is 0 Å². The lowest BCUT2D eigenvalue weighted by atomic mass is 10.1. The molecule has 102 valence electrons. The lowest BCUT2D eigenvalue weighted by Gasteiger charge is -2.25. The van der Waals surface area contributed by atoms with Crippen molar-refractivity contribution in [1.29, 1.82) is 0 Å². The highest BCUT2D eigenvalue weighted by molar-refractivity contribution is 7.09. The molecular formula is C14H18N2O2S. The van der Waals surface area contributed by atoms with Crippen molar-refractivity contribution in [1.82, 2.24) is 10.3 Å². The Morgan fingerprint density at radius 1 is 1.21 bits per heavy atom. The maximum Gasteiger partial charge on any atom is 0.107 e. The summed E-state index contributed by atoms with van der Waals surface area (Å²) < 4.78 is 0. The van der Waals surface area contributed by atoms with Gasteiger partial charge < -0.3 is 15.5 Å². The van der Waals surface area contributed by atoms with E-state index in [2.05, 4.69) is 10.3 Å². The first kappa shape index (κ1) is 14.1. The lowest BCUT2D eigenvalue weighted by molar-refractivity contribution is 0.103. The van der Waals surface area contributed by atoms with E-state index in [1.54, 1.807) is 18.3 Å². The van der Waals surface area contributed by atoms with Gasteiger partial charge in [0.2, 0.25) is 0 Å². The highest BCUT2D eigenvalue weighted by Crippen LogP contribution is 2.21. The van der Waals surface area contributed by atoms with Gasteiger partial charge in [-0.05, 0) is 6.92 Å². The molecule has 19 heavy (non-hydrogen) atoms. The maximum absolute atomic E-state index is 9.21. The van der Waals surface area contributed by atoms with E-state index in [9.17, 15) is 10.2 Å². The average Bonchev–Trinajstić information content (AvgIpc) is 2.95. The summed E-state index contributed by atoms with van der Waals surface area (Å²) in [5.41, 5.74) is 1.38. The zero-order valence-electron chi connectivity index (χ0n) is 10.8. The number of thiazole rings is 1. The van der Waals surface area contributed by atoms with Crippen LogP contribution in [0.1, 0.15) is 11.9 Å². The lowest BCUT2D eigenvalue weighted by Crippen LogP contribution is -2.48. The average molecular weight is 278 g/mol. The molecule has 2 rings (SSSR count). The Balaban J connectivity index is 2.02. The number of rotatable bonds is 6. The Morgan fingerprint density at radius 2 is 1.89 bits per heavy atom. The molecule has 0 bridgehead atoms. The number of benzene rings is 1. The summed E-state index contributed by atoms with van der Waals surface area (Å²) in [6.45, 7) is 2.09. The van der Waals surface area contributed by atoms with Crippen molar-refractivity contribution < 1.29 is 10.2 Å². The van der Waals surface area contributed by atoms with Gasteiger partial charge in [-0.1, -0.05) is 30.3 Å². The van der Waals surface area contributed by atoms with Crippen LogP contribution < -0.4 is 5.32 Å². The van der Waals surface area contributed by atoms with Crippen molar-refractivity contribution in [2.24, 2.45) is 0 Å². The fourth-order valence-electron chi connectivity index (χ4n) is 1.58. The van der Waals surface area contributed by atoms with Crippen molar-refractivity contribution in [2.75, 3.05) is 13.2 Å². The molecule has 0 unspecified atom stereocenters. The minimum Gasteiger partial charge on any atom is -0.394 e. The number of nitrogens with one attached hydrogen (secondary N) is 1. The molecule has 0 aliphatic carbocycles. The van der Waals surface area contributed by atoms with Crippen LogP contribution in [0.2, 0.25) is 0 Å². The largest absolute Gasteiger partial charge is 0.394 e. The fraction of sp³-hybridized carbons (Fsp3) is 0.357. The highest BCUT2D eigenvalue weighted by Gasteiger charge is 2.21. The number of hydrogen-bond acceptors (Lipinski definition) is 5. The third-order valence-corrected chi connectivity index (χ3v) is 3.83. The van der Waals surface area contributed by atoms with E-state index in [-0.39, 0.29) is 13.2 Å². The summed E-state index contributed by atoms with van der Waals surface area (Å²) in [4.78, 5) is 4.54. The molecule has 5 heteroatoms. The van der Waals surface area contributed by atoms with Crippen molar-refractivity contribution in [3.63, 3.8) is 0 Å². The van der Waals surface area contributed by atoms with Gasteiger partial charge in [0.1, 0.15) is 5.01 Å². The number of aliphatic hydroxyl groups is 2. The molecule has 0 aliphatic heterocycles. The number of aromatic nitrogens is 1. The second-order valence-corrected chi connectivity index (χ2v) is 5.67. The molecule has 0 radical (unpaired) electrons. The minimum absolute atomic E-state index is 0.111. The molecule has 4 nitrogen and oxygen atoms in total. The monoisotopic (exact) mass is 278 g/mol. The molecule has 0 atom stereocenters. The van der Waals surface area contributed by atoms with Gasteiger partial charge in [0.05, 0.1) is 24.4 Å². The van der Waals surface area contributed by atoms with E-state index in [1.807, 2.05) is 35.7 Å². The molecule has 0 saturated heterocycles. The first-order valence-electron chi connectivity index (χ1n) is 6.13. The Labute approximate surface area is 116 Å². The SMILES string of the molecule is CC(CO)(CO)NCc1nc(-c2ccccc2)cs1. The predicted octanol–water partition coefficient (Wildman–Crippen LogP) is 1.64. The second-order valence-electron chi connectivity index (χ2n) is 4.72. The summed E-state index contributed by atoms with van der Waals surface area (Å²) >= 11 is 1.57. The van der Waals surface area contributed by atoms with Crippen LogP contribution in [0.25, 0.3) is 11.3 Å². The smallest absolute Gasteiger partial charge is 0.107 e. The first-order valence-corrected chi connectivity index (χ1v) is 7.01. The van der Waals surface area contributed by atoms with E-state index in [1.165, 1.54) is 0 Å². The molecular weight excluding hydrogens is 260 g/mol. The molecule has 1 heterocycles. The third-order valence-electron chi connectivity index (χ3n) is 2.99. The van der Waals surface area contributed by atoms with Crippen LogP contribution in [0.4, 0.5) is 0 Å². The van der Waals surface area contributed by atoms with Gasteiger partial charge in [-0.25, -0.2) is 4.98 Å². The van der Waals surface area contributed by atoms with Gasteiger partial charge in [-0.15, -0.1) is 11.3 Å². The molecule has 0 saturated carbocycles. The second kappa shape index (κ2) is 6.25. The van der Waals surface area contributed by atoms with E-state index in [0.717, 1.165) is 16.3 Å². The van der Waals surface area contributed by atoms with Crippen molar-refractivity contribution >= 4 is 11.3 Å². The normalized spacial score (nSPS) is 11.7. The predicted molar refractivity (Wildman–Crippen MR) is 77.0 cm³/mol. The van der Waals surface area contributed by atoms with Crippen molar-refractivity contribution in [3.05, 3.63) is 40.7 Å². The molecule has 3 N–H and O–H groups in total. The Morgan fingerprint density at radius 3 is 2.53 bits per heavy atom. The Bertz CT molecular complexity index is 509. The minimum atomic E-state index is -0.668. The van der Waals surface area contributed by atoms with Crippen LogP contribution in [-0.2, 0) is 6.54 Å². The maximum atomic E-state index is 9.21. The summed E-state index contributed by atoms with van der Waals surface area (Å²) in [6.07, 6.45) is 0. The Hall–Kier alpha value is -1.27. The molecule has 0 amide bonds. The van der Waals surface area contributed by atoms with Crippen molar-refractivity contribution in [3.8, 4) is 11.3 Å². The highest BCUT2D eigenvalue weighted by atomic mass is 32.1. The fourth-order valence-corrected chi connectivity index (χ4v) is 2.33. The molecule has 0 fully saturated rings. The van der Waals surface area contributed by atoms with E-state index in [4.69, 9.17) is 0 Å². The summed E-state index contributed by atoms with van der Waals surface area (Å²) in [5, 5.41) is 24.5. The van der Waals surface area contributed by atoms with Gasteiger partial charge in [0.25, 0.3) is 0 Å². The quantitative estimate of drug-likeness (QED) is 0.751. The van der Waals surface area contributed by atoms with Crippen LogP contribution in [0.15, 0.2) is 35.7 Å². The first-order chi connectivity index (χ1) is 9.17. The van der Waals surface area contributed by atoms with Crippen LogP contribution in [0.3, 0.4) is 0 Å². The van der Waals surface area contributed by atoms with Gasteiger partial charge >= 0.3 is 0 Å². The van der Waals surface area contributed by atoms with E-state index < -0.39 is 5.54 Å². The Kier molecular flexibility index (Phi) is 4.66. The van der Waals surface area contributed by atoms with Crippen LogP contribution >= 0.6 is 11.3 Å². The zero-order chi connectivity index (χ0) is 13.7. The molecule has 0 aliphatic rings. The van der Waals surface area contributed by atoms with Crippen LogP contribution in [0, 0.1) is 0 Å². The standard InChI is InChI=1S/C14H18N2O2S/c1-14(9-17,10-18)15-7-13-16-12(8-19-13)11-5-3-2-4-6-11/h2-6,8,15,17-18H,7,9-10H2,1H3. The zero-order valence-corrected chi connectivity index (χ0v) is 11.7. The molecule has 1 aromatic heterocycles. The molecule has 2 aromatic rings. The molecule has 1 aromatic carbocycles. The molecule has 0 spiro atoms. The third kappa shape index (κ3) is 3.61. The number of hydrogen-bond donors (Lipinski definition) is 3. The number of aliphatic hydroxyl groups excluding tert-OH is 2. The summed E-state index contributed by atoms with van der Waals surface area (Å²) in [7, 11) is 0. The topological polar surface area (TPSA) is 65.4 Å². The van der Waals surface area contributed by atoms with Gasteiger partial charge in [-0.3, -0.25) is 0 Å². The summed E-state index contributed by atoms with van der Waals surface area (Å²) in [6, 6.07) is 10.0. The van der Waals surface area contributed by atoms with Gasteiger partial charge in [0, 0.05) is 17.5 Å². The van der Waals surface area contributed by atoms with E-state index >= 15 is 0 Å². The number of nitrogens with zero attached hydrogens (tertiary/aromatic N) is 1. The van der Waals surface area contributed by atoms with Crippen molar-refractivity contribution in [2.45, 2.75) is 19.0 Å². The summed E-state index contributed by atoms with van der Waals surface area (Å²) in [5.74, 6) is 0. The van der Waals surface area contributed by atoms with Crippen LogP contribution in [-0.4, -0.2) is 33.9 Å².